The maximum absolute atomic E-state index is 11.2. The van der Waals surface area contributed by atoms with Crippen LogP contribution in [0.3, 0.4) is 0 Å². The number of nitrogens with one attached hydrogen (secondary N) is 1. The maximum atomic E-state index is 11.2. The molecule has 0 saturated carbocycles. The molecule has 0 amide bonds. The van der Waals surface area contributed by atoms with Gasteiger partial charge in [0.1, 0.15) is 6.04 Å². The summed E-state index contributed by atoms with van der Waals surface area (Å²) in [5.74, 6) is -0.781. The molecule has 0 radical (unpaired) electrons. The third-order valence-electron chi connectivity index (χ3n) is 3.62. The molecule has 1 atom stereocenters. The van der Waals surface area contributed by atoms with Gasteiger partial charge < -0.3 is 10.4 Å². The number of carboxylic acids is 1. The fourth-order valence-corrected chi connectivity index (χ4v) is 2.36. The zero-order chi connectivity index (χ0) is 15.8. The molecule has 4 nitrogen and oxygen atoms in total. The quantitative estimate of drug-likeness (QED) is 0.783. The molecule has 22 heavy (non-hydrogen) atoms. The van der Waals surface area contributed by atoms with Crippen molar-refractivity contribution >= 4 is 5.97 Å². The van der Waals surface area contributed by atoms with Crippen molar-refractivity contribution in [3.05, 3.63) is 54.4 Å². The normalized spacial score (nSPS) is 12.0. The topological polar surface area (TPSA) is 62.2 Å². The molecule has 4 heteroatoms. The number of aliphatic carboxylic acids is 1. The number of unbranched alkanes of at least 4 members (excludes halogenated alkanes) is 1. The molecular weight excluding hydrogens is 276 g/mol. The first-order chi connectivity index (χ1) is 10.7. The minimum Gasteiger partial charge on any atom is -0.480 e. The molecule has 0 aliphatic carbocycles. The van der Waals surface area contributed by atoms with Crippen LogP contribution in [0.5, 0.6) is 0 Å². The highest BCUT2D eigenvalue weighted by Gasteiger charge is 2.15. The van der Waals surface area contributed by atoms with Gasteiger partial charge in [-0.25, -0.2) is 0 Å². The molecule has 1 aromatic heterocycles. The Hall–Kier alpha value is -2.20. The molecule has 116 valence electrons. The first-order valence-corrected chi connectivity index (χ1v) is 7.66. The van der Waals surface area contributed by atoms with Crippen LogP contribution in [0, 0.1) is 0 Å². The van der Waals surface area contributed by atoms with Crippen LogP contribution in [-0.2, 0) is 11.3 Å². The van der Waals surface area contributed by atoms with Gasteiger partial charge in [0.05, 0.1) is 0 Å². The first-order valence-electron chi connectivity index (χ1n) is 7.66. The van der Waals surface area contributed by atoms with Crippen molar-refractivity contribution in [2.24, 2.45) is 0 Å². The summed E-state index contributed by atoms with van der Waals surface area (Å²) in [6.45, 7) is 2.62. The number of carboxylic acid groups (broad SMARTS) is 1. The molecule has 2 aromatic rings. The van der Waals surface area contributed by atoms with Crippen LogP contribution < -0.4 is 5.32 Å². The summed E-state index contributed by atoms with van der Waals surface area (Å²) in [4.78, 5) is 15.4. The highest BCUT2D eigenvalue weighted by Crippen LogP contribution is 2.19. The van der Waals surface area contributed by atoms with Crippen LogP contribution in [0.1, 0.15) is 31.7 Å². The minimum absolute atomic E-state index is 0.484. The van der Waals surface area contributed by atoms with Crippen LogP contribution in [0.15, 0.2) is 48.8 Å². The molecule has 0 saturated heterocycles. The number of nitrogens with zero attached hydrogens (tertiary/aromatic N) is 1. The SMILES string of the molecule is CCCC[C@H](NCc1cccc(-c2cccnc2)c1)C(=O)O. The lowest BCUT2D eigenvalue weighted by Crippen LogP contribution is -2.36. The minimum atomic E-state index is -0.781. The summed E-state index contributed by atoms with van der Waals surface area (Å²) < 4.78 is 0. The second-order valence-corrected chi connectivity index (χ2v) is 5.36. The zero-order valence-electron chi connectivity index (χ0n) is 12.8. The Bertz CT molecular complexity index is 599. The van der Waals surface area contributed by atoms with Crippen LogP contribution in [0.2, 0.25) is 0 Å². The van der Waals surface area contributed by atoms with Crippen LogP contribution in [-0.4, -0.2) is 22.1 Å². The van der Waals surface area contributed by atoms with E-state index in [1.165, 1.54) is 0 Å². The van der Waals surface area contributed by atoms with E-state index >= 15 is 0 Å². The van der Waals surface area contributed by atoms with Crippen molar-refractivity contribution in [1.29, 1.82) is 0 Å². The summed E-state index contributed by atoms with van der Waals surface area (Å²) >= 11 is 0. The van der Waals surface area contributed by atoms with Crippen LogP contribution in [0.4, 0.5) is 0 Å². The van der Waals surface area contributed by atoms with Gasteiger partial charge in [-0.05, 0) is 35.2 Å². The Kier molecular flexibility index (Phi) is 6.10. The Labute approximate surface area is 131 Å². The standard InChI is InChI=1S/C18H22N2O2/c1-2-3-9-17(18(21)22)20-12-14-6-4-7-15(11-14)16-8-5-10-19-13-16/h4-8,10-11,13,17,20H,2-3,9,12H2,1H3,(H,21,22)/t17-/m0/s1. The maximum Gasteiger partial charge on any atom is 0.320 e. The largest absolute Gasteiger partial charge is 0.480 e. The van der Waals surface area contributed by atoms with E-state index in [-0.39, 0.29) is 0 Å². The van der Waals surface area contributed by atoms with Crippen molar-refractivity contribution in [3.8, 4) is 11.1 Å². The number of carbonyl (C=O) groups is 1. The van der Waals surface area contributed by atoms with Gasteiger partial charge in [0.15, 0.2) is 0 Å². The molecule has 0 aliphatic rings. The Morgan fingerprint density at radius 3 is 2.77 bits per heavy atom. The van der Waals surface area contributed by atoms with Gasteiger partial charge in [0.2, 0.25) is 0 Å². The second-order valence-electron chi connectivity index (χ2n) is 5.36. The van der Waals surface area contributed by atoms with Crippen molar-refractivity contribution in [1.82, 2.24) is 10.3 Å². The predicted molar refractivity (Wildman–Crippen MR) is 87.5 cm³/mol. The Balaban J connectivity index is 2.02. The second kappa shape index (κ2) is 8.29. The summed E-state index contributed by atoms with van der Waals surface area (Å²) in [7, 11) is 0. The fraction of sp³-hybridized carbons (Fsp3) is 0.333. The molecule has 0 fully saturated rings. The van der Waals surface area contributed by atoms with Crippen molar-refractivity contribution in [3.63, 3.8) is 0 Å². The number of aromatic nitrogens is 1. The molecule has 0 bridgehead atoms. The molecule has 0 aliphatic heterocycles. The predicted octanol–water partition coefficient (Wildman–Crippen LogP) is 3.48. The molecule has 1 heterocycles. The lowest BCUT2D eigenvalue weighted by molar-refractivity contribution is -0.139. The summed E-state index contributed by atoms with van der Waals surface area (Å²) in [5.41, 5.74) is 3.22. The number of pyridine rings is 1. The average molecular weight is 298 g/mol. The van der Waals surface area contributed by atoms with Crippen LogP contribution >= 0.6 is 0 Å². The number of hydrogen-bond donors (Lipinski definition) is 2. The van der Waals surface area contributed by atoms with Gasteiger partial charge in [-0.15, -0.1) is 0 Å². The highest BCUT2D eigenvalue weighted by molar-refractivity contribution is 5.73. The highest BCUT2D eigenvalue weighted by atomic mass is 16.4. The van der Waals surface area contributed by atoms with Crippen LogP contribution in [0.25, 0.3) is 11.1 Å². The van der Waals surface area contributed by atoms with Gasteiger partial charge in [-0.2, -0.15) is 0 Å². The first kappa shape index (κ1) is 16.2. The average Bonchev–Trinajstić information content (AvgIpc) is 2.55. The number of benzene rings is 1. The molecule has 2 rings (SSSR count). The molecule has 0 spiro atoms. The van der Waals surface area contributed by atoms with E-state index in [0.29, 0.717) is 13.0 Å². The monoisotopic (exact) mass is 298 g/mol. The van der Waals surface area contributed by atoms with Gasteiger partial charge in [-0.3, -0.25) is 9.78 Å². The number of hydrogen-bond acceptors (Lipinski definition) is 3. The molecule has 2 N–H and O–H groups in total. The zero-order valence-corrected chi connectivity index (χ0v) is 12.8. The molecule has 0 unspecified atom stereocenters. The van der Waals surface area contributed by atoms with Crippen molar-refractivity contribution in [2.75, 3.05) is 0 Å². The molecule has 1 aromatic carbocycles. The van der Waals surface area contributed by atoms with E-state index in [1.54, 1.807) is 6.20 Å². The van der Waals surface area contributed by atoms with E-state index in [2.05, 4.69) is 23.3 Å². The van der Waals surface area contributed by atoms with E-state index in [1.807, 2.05) is 36.5 Å². The smallest absolute Gasteiger partial charge is 0.320 e. The Morgan fingerprint density at radius 1 is 1.27 bits per heavy atom. The third kappa shape index (κ3) is 4.67. The van der Waals surface area contributed by atoms with Crippen molar-refractivity contribution in [2.45, 2.75) is 38.8 Å². The van der Waals surface area contributed by atoms with Gasteiger partial charge >= 0.3 is 5.97 Å². The van der Waals surface area contributed by atoms with E-state index in [9.17, 15) is 9.90 Å². The van der Waals surface area contributed by atoms with E-state index in [0.717, 1.165) is 29.5 Å². The van der Waals surface area contributed by atoms with Gasteiger partial charge in [-0.1, -0.05) is 44.0 Å². The van der Waals surface area contributed by atoms with Gasteiger partial charge in [0.25, 0.3) is 0 Å². The lowest BCUT2D eigenvalue weighted by Gasteiger charge is -2.14. The number of rotatable bonds is 8. The summed E-state index contributed by atoms with van der Waals surface area (Å²) in [6.07, 6.45) is 6.16. The summed E-state index contributed by atoms with van der Waals surface area (Å²) in [6, 6.07) is 11.5. The molecular formula is C18H22N2O2. The lowest BCUT2D eigenvalue weighted by atomic mass is 10.0. The third-order valence-corrected chi connectivity index (χ3v) is 3.62. The van der Waals surface area contributed by atoms with E-state index in [4.69, 9.17) is 0 Å². The summed E-state index contributed by atoms with van der Waals surface area (Å²) in [5, 5.41) is 12.4. The fourth-order valence-electron chi connectivity index (χ4n) is 2.36. The van der Waals surface area contributed by atoms with Gasteiger partial charge in [0, 0.05) is 18.9 Å². The van der Waals surface area contributed by atoms with Crippen molar-refractivity contribution < 1.29 is 9.90 Å². The van der Waals surface area contributed by atoms with E-state index < -0.39 is 12.0 Å². The Morgan fingerprint density at radius 2 is 2.09 bits per heavy atom.